The van der Waals surface area contributed by atoms with Crippen molar-refractivity contribution in [3.8, 4) is 5.75 Å². The molecule has 0 aliphatic heterocycles. The van der Waals surface area contributed by atoms with Crippen LogP contribution in [0.1, 0.15) is 15.9 Å². The fourth-order valence-corrected chi connectivity index (χ4v) is 3.24. The molecule has 0 atom stereocenters. The Labute approximate surface area is 109 Å². The highest BCUT2D eigenvalue weighted by Crippen LogP contribution is 2.30. The Morgan fingerprint density at radius 1 is 1.41 bits per heavy atom. The highest BCUT2D eigenvalue weighted by atomic mass is 32.2. The SMILES string of the molecule is COc1ccc(C=O)cc1CSc1cccs1. The van der Waals surface area contributed by atoms with Gasteiger partial charge in [0.15, 0.2) is 0 Å². The maximum Gasteiger partial charge on any atom is 0.150 e. The molecule has 88 valence electrons. The smallest absolute Gasteiger partial charge is 0.150 e. The number of carbonyl (C=O) groups is 1. The Kier molecular flexibility index (Phi) is 4.23. The zero-order valence-electron chi connectivity index (χ0n) is 9.38. The van der Waals surface area contributed by atoms with Gasteiger partial charge in [-0.1, -0.05) is 6.07 Å². The summed E-state index contributed by atoms with van der Waals surface area (Å²) in [4.78, 5) is 10.7. The molecule has 0 unspecified atom stereocenters. The van der Waals surface area contributed by atoms with Crippen molar-refractivity contribution in [2.75, 3.05) is 7.11 Å². The summed E-state index contributed by atoms with van der Waals surface area (Å²) in [6.07, 6.45) is 0.860. The Balaban J connectivity index is 2.15. The molecule has 17 heavy (non-hydrogen) atoms. The first-order chi connectivity index (χ1) is 8.33. The number of aldehydes is 1. The normalized spacial score (nSPS) is 10.2. The number of rotatable bonds is 5. The summed E-state index contributed by atoms with van der Waals surface area (Å²) < 4.78 is 6.56. The third-order valence-corrected chi connectivity index (χ3v) is 4.49. The molecule has 2 rings (SSSR count). The second-order valence-corrected chi connectivity index (χ2v) is 5.63. The van der Waals surface area contributed by atoms with Gasteiger partial charge in [0.25, 0.3) is 0 Å². The van der Waals surface area contributed by atoms with Gasteiger partial charge in [0.2, 0.25) is 0 Å². The van der Waals surface area contributed by atoms with Crippen molar-refractivity contribution in [1.29, 1.82) is 0 Å². The van der Waals surface area contributed by atoms with Crippen LogP contribution in [0.3, 0.4) is 0 Å². The number of hydrogen-bond acceptors (Lipinski definition) is 4. The average Bonchev–Trinajstić information content (AvgIpc) is 2.89. The summed E-state index contributed by atoms with van der Waals surface area (Å²) in [5.74, 6) is 1.64. The minimum Gasteiger partial charge on any atom is -0.496 e. The maximum absolute atomic E-state index is 10.7. The quantitative estimate of drug-likeness (QED) is 0.606. The predicted molar refractivity (Wildman–Crippen MR) is 72.3 cm³/mol. The fourth-order valence-electron chi connectivity index (χ4n) is 1.48. The Bertz CT molecular complexity index is 492. The molecule has 2 aromatic rings. The topological polar surface area (TPSA) is 26.3 Å². The van der Waals surface area contributed by atoms with Crippen LogP contribution in [0.25, 0.3) is 0 Å². The molecule has 0 saturated carbocycles. The van der Waals surface area contributed by atoms with E-state index in [1.54, 1.807) is 36.3 Å². The van der Waals surface area contributed by atoms with Crippen LogP contribution in [-0.2, 0) is 5.75 Å². The van der Waals surface area contributed by atoms with E-state index in [-0.39, 0.29) is 0 Å². The van der Waals surface area contributed by atoms with Gasteiger partial charge in [0.05, 0.1) is 11.3 Å². The molecule has 2 nitrogen and oxygen atoms in total. The molecule has 0 N–H and O–H groups in total. The second-order valence-electron chi connectivity index (χ2n) is 3.41. The molecule has 1 heterocycles. The van der Waals surface area contributed by atoms with Crippen LogP contribution < -0.4 is 4.74 Å². The van der Waals surface area contributed by atoms with Crippen molar-refractivity contribution in [2.45, 2.75) is 9.96 Å². The van der Waals surface area contributed by atoms with E-state index in [1.165, 1.54) is 4.21 Å². The van der Waals surface area contributed by atoms with Gasteiger partial charge in [-0.2, -0.15) is 0 Å². The van der Waals surface area contributed by atoms with Gasteiger partial charge in [-0.25, -0.2) is 0 Å². The lowest BCUT2D eigenvalue weighted by Crippen LogP contribution is -1.92. The van der Waals surface area contributed by atoms with Crippen LogP contribution in [0, 0.1) is 0 Å². The summed E-state index contributed by atoms with van der Waals surface area (Å²) >= 11 is 3.47. The van der Waals surface area contributed by atoms with Crippen molar-refractivity contribution >= 4 is 29.4 Å². The molecule has 1 aromatic heterocycles. The Hall–Kier alpha value is -1.26. The van der Waals surface area contributed by atoms with E-state index in [1.807, 2.05) is 18.2 Å². The van der Waals surface area contributed by atoms with Gasteiger partial charge in [0, 0.05) is 16.9 Å². The molecule has 1 aromatic carbocycles. The zero-order valence-corrected chi connectivity index (χ0v) is 11.0. The van der Waals surface area contributed by atoms with Gasteiger partial charge in [0.1, 0.15) is 12.0 Å². The second kappa shape index (κ2) is 5.89. The van der Waals surface area contributed by atoms with Crippen molar-refractivity contribution < 1.29 is 9.53 Å². The Morgan fingerprint density at radius 3 is 2.94 bits per heavy atom. The first-order valence-corrected chi connectivity index (χ1v) is 6.98. The first kappa shape index (κ1) is 12.2. The molecule has 4 heteroatoms. The number of methoxy groups -OCH3 is 1. The molecule has 0 aliphatic carbocycles. The van der Waals surface area contributed by atoms with Crippen LogP contribution in [-0.4, -0.2) is 13.4 Å². The molecular formula is C13H12O2S2. The Morgan fingerprint density at radius 2 is 2.29 bits per heavy atom. The van der Waals surface area contributed by atoms with Gasteiger partial charge in [-0.05, 0) is 29.6 Å². The predicted octanol–water partition coefficient (Wildman–Crippen LogP) is 3.86. The number of hydrogen-bond donors (Lipinski definition) is 0. The number of thiophene rings is 1. The zero-order chi connectivity index (χ0) is 12.1. The van der Waals surface area contributed by atoms with E-state index < -0.39 is 0 Å². The van der Waals surface area contributed by atoms with Crippen LogP contribution in [0.4, 0.5) is 0 Å². The van der Waals surface area contributed by atoms with Gasteiger partial charge >= 0.3 is 0 Å². The summed E-state index contributed by atoms with van der Waals surface area (Å²) in [6, 6.07) is 9.61. The first-order valence-electron chi connectivity index (χ1n) is 5.12. The molecule has 0 bridgehead atoms. The van der Waals surface area contributed by atoms with Crippen LogP contribution in [0.15, 0.2) is 39.9 Å². The van der Waals surface area contributed by atoms with Crippen LogP contribution in [0.2, 0.25) is 0 Å². The summed E-state index contributed by atoms with van der Waals surface area (Å²) in [5.41, 5.74) is 1.74. The van der Waals surface area contributed by atoms with E-state index in [2.05, 4.69) is 11.4 Å². The average molecular weight is 264 g/mol. The lowest BCUT2D eigenvalue weighted by molar-refractivity contribution is 0.112. The van der Waals surface area contributed by atoms with Crippen molar-refractivity contribution in [3.05, 3.63) is 46.8 Å². The largest absolute Gasteiger partial charge is 0.496 e. The monoisotopic (exact) mass is 264 g/mol. The number of thioether (sulfide) groups is 1. The van der Waals surface area contributed by atoms with E-state index >= 15 is 0 Å². The fraction of sp³-hybridized carbons (Fsp3) is 0.154. The summed E-state index contributed by atoms with van der Waals surface area (Å²) in [6.45, 7) is 0. The molecular weight excluding hydrogens is 252 g/mol. The van der Waals surface area contributed by atoms with Gasteiger partial charge in [-0.3, -0.25) is 4.79 Å². The minimum absolute atomic E-state index is 0.688. The number of carbonyl (C=O) groups excluding carboxylic acids is 1. The molecule has 0 fully saturated rings. The van der Waals surface area contributed by atoms with Crippen LogP contribution in [0.5, 0.6) is 5.75 Å². The standard InChI is InChI=1S/C13H12O2S2/c1-15-12-5-4-10(8-14)7-11(12)9-17-13-3-2-6-16-13/h2-8H,9H2,1H3. The third kappa shape index (κ3) is 3.11. The lowest BCUT2D eigenvalue weighted by atomic mass is 10.1. The van der Waals surface area contributed by atoms with E-state index in [4.69, 9.17) is 4.74 Å². The van der Waals surface area contributed by atoms with E-state index in [0.717, 1.165) is 23.4 Å². The maximum atomic E-state index is 10.7. The van der Waals surface area contributed by atoms with E-state index in [9.17, 15) is 4.79 Å². The van der Waals surface area contributed by atoms with Crippen molar-refractivity contribution in [1.82, 2.24) is 0 Å². The number of ether oxygens (including phenoxy) is 1. The lowest BCUT2D eigenvalue weighted by Gasteiger charge is -2.08. The highest BCUT2D eigenvalue weighted by Gasteiger charge is 2.05. The molecule has 0 spiro atoms. The molecule has 0 amide bonds. The van der Waals surface area contributed by atoms with Gasteiger partial charge < -0.3 is 4.74 Å². The summed E-state index contributed by atoms with van der Waals surface area (Å²) in [5, 5.41) is 2.06. The van der Waals surface area contributed by atoms with Gasteiger partial charge in [-0.15, -0.1) is 23.1 Å². The molecule has 0 saturated heterocycles. The van der Waals surface area contributed by atoms with Crippen molar-refractivity contribution in [3.63, 3.8) is 0 Å². The molecule has 0 radical (unpaired) electrons. The van der Waals surface area contributed by atoms with Crippen molar-refractivity contribution in [2.24, 2.45) is 0 Å². The minimum atomic E-state index is 0.688. The number of benzene rings is 1. The highest BCUT2D eigenvalue weighted by molar-refractivity contribution is 8.00. The third-order valence-electron chi connectivity index (χ3n) is 2.31. The van der Waals surface area contributed by atoms with Crippen LogP contribution >= 0.6 is 23.1 Å². The molecule has 0 aliphatic rings. The van der Waals surface area contributed by atoms with E-state index in [0.29, 0.717) is 5.56 Å². The summed E-state index contributed by atoms with van der Waals surface area (Å²) in [7, 11) is 1.65.